The lowest BCUT2D eigenvalue weighted by Gasteiger charge is -2.03. The molecule has 0 aromatic carbocycles. The molecule has 0 aliphatic rings. The average molecular weight is 282 g/mol. The lowest BCUT2D eigenvalue weighted by molar-refractivity contribution is 0.474. The Morgan fingerprint density at radius 3 is 1.07 bits per heavy atom. The van der Waals surface area contributed by atoms with E-state index in [0.29, 0.717) is 6.92 Å². The second-order valence-electron chi connectivity index (χ2n) is 2.27. The summed E-state index contributed by atoms with van der Waals surface area (Å²) in [4.78, 5) is -1.60. The molecule has 0 fully saturated rings. The van der Waals surface area contributed by atoms with Crippen molar-refractivity contribution in [2.75, 3.05) is 0 Å². The lowest BCUT2D eigenvalue weighted by Crippen LogP contribution is -2.17. The fraction of sp³-hybridized carbons (Fsp3) is 0.333. The molecule has 15 heavy (non-hydrogen) atoms. The van der Waals surface area contributed by atoms with Crippen molar-refractivity contribution >= 4 is 30.4 Å². The maximum atomic E-state index is 10.4. The maximum absolute atomic E-state index is 10.4. The Labute approximate surface area is 85.7 Å². The molecule has 0 radical (unpaired) electrons. The van der Waals surface area contributed by atoms with Gasteiger partial charge in [-0.15, -0.1) is 0 Å². The zero-order chi connectivity index (χ0) is 12.7. The summed E-state index contributed by atoms with van der Waals surface area (Å²) in [5.74, 6) is 0. The Hall–Kier alpha value is -0.530. The summed E-state index contributed by atoms with van der Waals surface area (Å²) in [6, 6.07) is 0. The SMILES string of the molecule is CC(=C(S(=O)(=O)O)S(=O)(=O)O)S(=O)(=O)O. The summed E-state index contributed by atoms with van der Waals surface area (Å²) in [7, 11) is -16.2. The molecule has 9 nitrogen and oxygen atoms in total. The monoisotopic (exact) mass is 282 g/mol. The predicted octanol–water partition coefficient (Wildman–Crippen LogP) is -1.16. The standard InChI is InChI=1S/C3H6O9S3/c1-2(13(4,5)6)3(14(7,8)9)15(10,11)12/h1H3,(H,4,5,6)(H,7,8,9)(H,10,11,12). The molecule has 12 heteroatoms. The van der Waals surface area contributed by atoms with Crippen LogP contribution >= 0.6 is 0 Å². The minimum absolute atomic E-state index is 0.381. The van der Waals surface area contributed by atoms with Gasteiger partial charge in [-0.1, -0.05) is 0 Å². The van der Waals surface area contributed by atoms with Gasteiger partial charge in [0.05, 0.1) is 0 Å². The number of hydrogen-bond donors (Lipinski definition) is 3. The summed E-state index contributed by atoms with van der Waals surface area (Å²) in [6.45, 7) is 0.381. The Morgan fingerprint density at radius 2 is 1.00 bits per heavy atom. The summed E-state index contributed by atoms with van der Waals surface area (Å²) >= 11 is 0. The maximum Gasteiger partial charge on any atom is 0.309 e. The van der Waals surface area contributed by atoms with Crippen molar-refractivity contribution in [3.8, 4) is 0 Å². The molecule has 3 N–H and O–H groups in total. The van der Waals surface area contributed by atoms with Crippen molar-refractivity contribution in [1.82, 2.24) is 0 Å². The molecule has 0 rings (SSSR count). The highest BCUT2D eigenvalue weighted by Crippen LogP contribution is 2.20. The summed E-state index contributed by atoms with van der Waals surface area (Å²) in [6.07, 6.45) is 0. The predicted molar refractivity (Wildman–Crippen MR) is 47.3 cm³/mol. The van der Waals surface area contributed by atoms with E-state index >= 15 is 0 Å². The van der Waals surface area contributed by atoms with Crippen LogP contribution in [-0.4, -0.2) is 38.9 Å². The van der Waals surface area contributed by atoms with Crippen LogP contribution in [-0.2, 0) is 30.4 Å². The fourth-order valence-electron chi connectivity index (χ4n) is 0.602. The van der Waals surface area contributed by atoms with Crippen LogP contribution in [0.25, 0.3) is 0 Å². The van der Waals surface area contributed by atoms with Crippen molar-refractivity contribution in [2.45, 2.75) is 6.92 Å². The average Bonchev–Trinajstić information content (AvgIpc) is 1.76. The molecule has 0 amide bonds. The van der Waals surface area contributed by atoms with Crippen LogP contribution in [0.3, 0.4) is 0 Å². The van der Waals surface area contributed by atoms with Gasteiger partial charge in [0.25, 0.3) is 10.1 Å². The van der Waals surface area contributed by atoms with Crippen molar-refractivity contribution in [3.63, 3.8) is 0 Å². The molecule has 0 atom stereocenters. The molecule has 0 saturated heterocycles. The van der Waals surface area contributed by atoms with Gasteiger partial charge < -0.3 is 0 Å². The van der Waals surface area contributed by atoms with Crippen LogP contribution in [0.15, 0.2) is 9.14 Å². The van der Waals surface area contributed by atoms with Gasteiger partial charge in [-0.2, -0.15) is 25.3 Å². The van der Waals surface area contributed by atoms with Crippen molar-refractivity contribution in [3.05, 3.63) is 9.14 Å². The van der Waals surface area contributed by atoms with Gasteiger partial charge in [0.1, 0.15) is 4.91 Å². The van der Waals surface area contributed by atoms with Gasteiger partial charge in [0, 0.05) is 0 Å². The van der Waals surface area contributed by atoms with E-state index < -0.39 is 39.5 Å². The number of allylic oxidation sites excluding steroid dienone is 1. The molecule has 0 bridgehead atoms. The second kappa shape index (κ2) is 3.80. The summed E-state index contributed by atoms with van der Waals surface area (Å²) in [5.41, 5.74) is 0. The first-order valence-electron chi connectivity index (χ1n) is 2.91. The first kappa shape index (κ1) is 14.5. The quantitative estimate of drug-likeness (QED) is 0.541. The lowest BCUT2D eigenvalue weighted by atomic mass is 10.7. The molecule has 0 spiro atoms. The van der Waals surface area contributed by atoms with Crippen LogP contribution in [0, 0.1) is 0 Å². The van der Waals surface area contributed by atoms with Crippen LogP contribution in [0.4, 0.5) is 0 Å². The normalized spacial score (nSPS) is 13.6. The highest BCUT2D eigenvalue weighted by Gasteiger charge is 2.34. The van der Waals surface area contributed by atoms with Crippen LogP contribution in [0.2, 0.25) is 0 Å². The van der Waals surface area contributed by atoms with E-state index in [1.54, 1.807) is 0 Å². The smallest absolute Gasteiger partial charge is 0.282 e. The van der Waals surface area contributed by atoms with Crippen molar-refractivity contribution in [2.24, 2.45) is 0 Å². The Kier molecular flexibility index (Phi) is 3.67. The zero-order valence-electron chi connectivity index (χ0n) is 7.02. The number of rotatable bonds is 3. The summed E-state index contributed by atoms with van der Waals surface area (Å²) < 4.78 is 85.5. The van der Waals surface area contributed by atoms with Gasteiger partial charge in [-0.3, -0.25) is 13.7 Å². The van der Waals surface area contributed by atoms with E-state index in [2.05, 4.69) is 0 Å². The molecule has 0 unspecified atom stereocenters. The molecule has 0 aromatic rings. The third-order valence-electron chi connectivity index (χ3n) is 1.14. The van der Waals surface area contributed by atoms with E-state index in [1.807, 2.05) is 0 Å². The van der Waals surface area contributed by atoms with Gasteiger partial charge in [0.2, 0.25) is 4.24 Å². The van der Waals surface area contributed by atoms with Gasteiger partial charge in [0.15, 0.2) is 0 Å². The van der Waals surface area contributed by atoms with Gasteiger partial charge in [-0.05, 0) is 6.92 Å². The van der Waals surface area contributed by atoms with E-state index in [0.717, 1.165) is 0 Å². The van der Waals surface area contributed by atoms with Gasteiger partial charge in [-0.25, -0.2) is 0 Å². The second-order valence-corrected chi connectivity index (χ2v) is 6.81. The first-order valence-corrected chi connectivity index (χ1v) is 7.23. The highest BCUT2D eigenvalue weighted by atomic mass is 32.3. The molecule has 0 aliphatic carbocycles. The Balaban J connectivity index is 6.49. The largest absolute Gasteiger partial charge is 0.309 e. The number of hydrogen-bond acceptors (Lipinski definition) is 6. The minimum atomic E-state index is -5.50. The molecular weight excluding hydrogens is 276 g/mol. The minimum Gasteiger partial charge on any atom is -0.282 e. The van der Waals surface area contributed by atoms with Crippen molar-refractivity contribution < 1.29 is 38.9 Å². The first-order chi connectivity index (χ1) is 6.28. The molecular formula is C3H6O9S3. The zero-order valence-corrected chi connectivity index (χ0v) is 9.47. The molecule has 90 valence electrons. The molecule has 0 aromatic heterocycles. The van der Waals surface area contributed by atoms with Crippen LogP contribution in [0.1, 0.15) is 6.92 Å². The van der Waals surface area contributed by atoms with Gasteiger partial charge >= 0.3 is 20.2 Å². The Bertz CT molecular complexity index is 551. The van der Waals surface area contributed by atoms with Crippen molar-refractivity contribution in [1.29, 1.82) is 0 Å². The molecule has 0 aliphatic heterocycles. The fourth-order valence-corrected chi connectivity index (χ4v) is 3.87. The Morgan fingerprint density at radius 1 is 0.733 bits per heavy atom. The highest BCUT2D eigenvalue weighted by molar-refractivity contribution is 8.10. The van der Waals surface area contributed by atoms with Crippen LogP contribution in [0.5, 0.6) is 0 Å². The third kappa shape index (κ3) is 3.84. The topological polar surface area (TPSA) is 163 Å². The molecule has 0 heterocycles. The van der Waals surface area contributed by atoms with Crippen LogP contribution < -0.4 is 0 Å². The molecule has 0 saturated carbocycles. The summed E-state index contributed by atoms with van der Waals surface area (Å²) in [5, 5.41) is 0. The van der Waals surface area contributed by atoms with E-state index in [9.17, 15) is 25.3 Å². The van der Waals surface area contributed by atoms with E-state index in [-0.39, 0.29) is 0 Å². The third-order valence-corrected chi connectivity index (χ3v) is 5.19. The van der Waals surface area contributed by atoms with E-state index in [1.165, 1.54) is 0 Å². The van der Waals surface area contributed by atoms with E-state index in [4.69, 9.17) is 13.7 Å².